The third kappa shape index (κ3) is 3.03. The van der Waals surface area contributed by atoms with Crippen molar-refractivity contribution in [1.29, 1.82) is 0 Å². The molecule has 2 unspecified atom stereocenters. The van der Waals surface area contributed by atoms with Crippen LogP contribution in [0.15, 0.2) is 29.2 Å². The molecule has 0 bridgehead atoms. The molecular formula is C13H20N2O2S. The first kappa shape index (κ1) is 13.4. The number of sulfone groups is 1. The normalized spacial score (nSPS) is 25.3. The summed E-state index contributed by atoms with van der Waals surface area (Å²) >= 11 is 0. The summed E-state index contributed by atoms with van der Waals surface area (Å²) in [5.41, 5.74) is 0.880. The first-order valence-electron chi connectivity index (χ1n) is 6.13. The molecular weight excluding hydrogens is 248 g/mol. The summed E-state index contributed by atoms with van der Waals surface area (Å²) in [6.07, 6.45) is 2.32. The van der Waals surface area contributed by atoms with E-state index in [1.807, 2.05) is 6.07 Å². The summed E-state index contributed by atoms with van der Waals surface area (Å²) in [7, 11) is -1.02. The van der Waals surface area contributed by atoms with E-state index in [1.54, 1.807) is 18.2 Å². The van der Waals surface area contributed by atoms with E-state index < -0.39 is 9.84 Å². The molecule has 0 saturated carbocycles. The van der Waals surface area contributed by atoms with E-state index in [2.05, 4.69) is 24.2 Å². The summed E-state index contributed by atoms with van der Waals surface area (Å²) in [4.78, 5) is 2.67. The van der Waals surface area contributed by atoms with Gasteiger partial charge in [0, 0.05) is 30.6 Å². The lowest BCUT2D eigenvalue weighted by atomic mass is 10.2. The zero-order valence-electron chi connectivity index (χ0n) is 11.1. The highest BCUT2D eigenvalue weighted by molar-refractivity contribution is 7.90. The summed E-state index contributed by atoms with van der Waals surface area (Å²) < 4.78 is 23.0. The second kappa shape index (κ2) is 4.90. The predicted molar refractivity (Wildman–Crippen MR) is 73.7 cm³/mol. The lowest BCUT2D eigenvalue weighted by molar-refractivity contribution is 0.330. The van der Waals surface area contributed by atoms with Gasteiger partial charge in [0.2, 0.25) is 0 Å². The number of hydrogen-bond donors (Lipinski definition) is 1. The van der Waals surface area contributed by atoms with Gasteiger partial charge in [-0.3, -0.25) is 0 Å². The van der Waals surface area contributed by atoms with Crippen LogP contribution in [-0.2, 0) is 9.84 Å². The van der Waals surface area contributed by atoms with Crippen molar-refractivity contribution < 1.29 is 8.42 Å². The Morgan fingerprint density at radius 1 is 1.39 bits per heavy atom. The Morgan fingerprint density at radius 2 is 2.11 bits per heavy atom. The molecule has 1 aliphatic rings. The van der Waals surface area contributed by atoms with Gasteiger partial charge in [-0.25, -0.2) is 8.42 Å². The zero-order chi connectivity index (χ0) is 13.3. The van der Waals surface area contributed by atoms with Crippen molar-refractivity contribution in [3.8, 4) is 0 Å². The van der Waals surface area contributed by atoms with Crippen molar-refractivity contribution in [2.75, 3.05) is 25.2 Å². The van der Waals surface area contributed by atoms with Crippen LogP contribution in [0.5, 0.6) is 0 Å². The molecule has 1 heterocycles. The minimum absolute atomic E-state index is 0.368. The highest BCUT2D eigenvalue weighted by Crippen LogP contribution is 2.21. The van der Waals surface area contributed by atoms with Crippen molar-refractivity contribution in [2.45, 2.75) is 30.3 Å². The molecule has 1 N–H and O–H groups in total. The largest absolute Gasteiger partial charge is 0.381 e. The second-order valence-electron chi connectivity index (χ2n) is 5.17. The van der Waals surface area contributed by atoms with E-state index >= 15 is 0 Å². The maximum absolute atomic E-state index is 11.5. The quantitative estimate of drug-likeness (QED) is 0.904. The molecule has 0 radical (unpaired) electrons. The van der Waals surface area contributed by atoms with E-state index in [0.717, 1.165) is 18.7 Å². The Hall–Kier alpha value is -1.07. The SMILES string of the molecule is CC1CC(Nc2cccc(S(C)(=O)=O)c2)CN1C. The molecule has 2 rings (SSSR count). The zero-order valence-corrected chi connectivity index (χ0v) is 11.9. The van der Waals surface area contributed by atoms with Crippen molar-refractivity contribution in [3.63, 3.8) is 0 Å². The number of rotatable bonds is 3. The fraction of sp³-hybridized carbons (Fsp3) is 0.538. The highest BCUT2D eigenvalue weighted by atomic mass is 32.2. The summed E-state index contributed by atoms with van der Waals surface area (Å²) in [5, 5.41) is 3.41. The van der Waals surface area contributed by atoms with Gasteiger partial charge in [0.05, 0.1) is 4.90 Å². The molecule has 1 aliphatic heterocycles. The Balaban J connectivity index is 2.11. The lowest BCUT2D eigenvalue weighted by Gasteiger charge is -2.14. The molecule has 18 heavy (non-hydrogen) atoms. The molecule has 1 aromatic rings. The molecule has 4 nitrogen and oxygen atoms in total. The second-order valence-corrected chi connectivity index (χ2v) is 7.18. The number of hydrogen-bond acceptors (Lipinski definition) is 4. The van der Waals surface area contributed by atoms with E-state index in [-0.39, 0.29) is 0 Å². The van der Waals surface area contributed by atoms with Gasteiger partial charge < -0.3 is 10.2 Å². The van der Waals surface area contributed by atoms with Crippen LogP contribution in [0.1, 0.15) is 13.3 Å². The number of nitrogens with one attached hydrogen (secondary N) is 1. The maximum Gasteiger partial charge on any atom is 0.175 e. The van der Waals surface area contributed by atoms with Crippen LogP contribution in [0.3, 0.4) is 0 Å². The van der Waals surface area contributed by atoms with Gasteiger partial charge >= 0.3 is 0 Å². The summed E-state index contributed by atoms with van der Waals surface area (Å²) in [5.74, 6) is 0. The average molecular weight is 268 g/mol. The van der Waals surface area contributed by atoms with Crippen LogP contribution >= 0.6 is 0 Å². The van der Waals surface area contributed by atoms with Crippen LogP contribution in [0.2, 0.25) is 0 Å². The molecule has 1 aromatic carbocycles. The number of benzene rings is 1. The van der Waals surface area contributed by atoms with Crippen LogP contribution < -0.4 is 5.32 Å². The van der Waals surface area contributed by atoms with E-state index in [1.165, 1.54) is 6.26 Å². The van der Waals surface area contributed by atoms with Gasteiger partial charge in [-0.2, -0.15) is 0 Å². The maximum atomic E-state index is 11.5. The van der Waals surface area contributed by atoms with Crippen molar-refractivity contribution >= 4 is 15.5 Å². The van der Waals surface area contributed by atoms with Gasteiger partial charge in [-0.15, -0.1) is 0 Å². The Bertz CT molecular complexity index is 518. The predicted octanol–water partition coefficient (Wildman–Crippen LogP) is 1.59. The molecule has 1 fully saturated rings. The molecule has 1 saturated heterocycles. The number of likely N-dealkylation sites (tertiary alicyclic amines) is 1. The number of likely N-dealkylation sites (N-methyl/N-ethyl adjacent to an activating group) is 1. The van der Waals surface area contributed by atoms with Crippen molar-refractivity contribution in [1.82, 2.24) is 4.90 Å². The fourth-order valence-corrected chi connectivity index (χ4v) is 3.02. The molecule has 0 spiro atoms. The third-order valence-electron chi connectivity index (χ3n) is 3.52. The monoisotopic (exact) mass is 268 g/mol. The number of nitrogens with zero attached hydrogens (tertiary/aromatic N) is 1. The van der Waals surface area contributed by atoms with Gasteiger partial charge in [0.25, 0.3) is 0 Å². The third-order valence-corrected chi connectivity index (χ3v) is 4.63. The molecule has 100 valence electrons. The molecule has 5 heteroatoms. The minimum Gasteiger partial charge on any atom is -0.381 e. The van der Waals surface area contributed by atoms with Crippen LogP contribution in [0.4, 0.5) is 5.69 Å². The first-order valence-corrected chi connectivity index (χ1v) is 8.02. The standard InChI is InChI=1S/C13H20N2O2S/c1-10-7-12(9-15(10)2)14-11-5-4-6-13(8-11)18(3,16)17/h4-6,8,10,12,14H,7,9H2,1-3H3. The highest BCUT2D eigenvalue weighted by Gasteiger charge is 2.25. The molecule has 2 atom stereocenters. The van der Waals surface area contributed by atoms with Crippen LogP contribution in [-0.4, -0.2) is 45.2 Å². The minimum atomic E-state index is -3.13. The van der Waals surface area contributed by atoms with E-state index in [0.29, 0.717) is 17.0 Å². The average Bonchev–Trinajstić information content (AvgIpc) is 2.57. The lowest BCUT2D eigenvalue weighted by Crippen LogP contribution is -2.24. The smallest absolute Gasteiger partial charge is 0.175 e. The van der Waals surface area contributed by atoms with Crippen molar-refractivity contribution in [3.05, 3.63) is 24.3 Å². The van der Waals surface area contributed by atoms with E-state index in [4.69, 9.17) is 0 Å². The summed E-state index contributed by atoms with van der Waals surface area (Å²) in [6.45, 7) is 3.19. The Kier molecular flexibility index (Phi) is 3.64. The fourth-order valence-electron chi connectivity index (χ4n) is 2.35. The van der Waals surface area contributed by atoms with Gasteiger partial charge in [-0.05, 0) is 38.6 Å². The number of anilines is 1. The van der Waals surface area contributed by atoms with Gasteiger partial charge in [0.1, 0.15) is 0 Å². The van der Waals surface area contributed by atoms with Crippen LogP contribution in [0, 0.1) is 0 Å². The first-order chi connectivity index (χ1) is 8.36. The Labute approximate surface area is 109 Å². The van der Waals surface area contributed by atoms with Gasteiger partial charge in [-0.1, -0.05) is 6.07 Å². The van der Waals surface area contributed by atoms with E-state index in [9.17, 15) is 8.42 Å². The molecule has 0 aliphatic carbocycles. The summed E-state index contributed by atoms with van der Waals surface area (Å²) in [6, 6.07) is 7.99. The van der Waals surface area contributed by atoms with Crippen molar-refractivity contribution in [2.24, 2.45) is 0 Å². The topological polar surface area (TPSA) is 49.4 Å². The Morgan fingerprint density at radius 3 is 2.67 bits per heavy atom. The molecule has 0 amide bonds. The molecule has 0 aromatic heterocycles. The van der Waals surface area contributed by atoms with Crippen LogP contribution in [0.25, 0.3) is 0 Å². The van der Waals surface area contributed by atoms with Gasteiger partial charge in [0.15, 0.2) is 9.84 Å².